The molecule has 1 heterocycles. The minimum Gasteiger partial charge on any atom is -0.489 e. The van der Waals surface area contributed by atoms with E-state index in [2.05, 4.69) is 0 Å². The zero-order chi connectivity index (χ0) is 18.5. The molecule has 0 saturated carbocycles. The molecule has 0 amide bonds. The number of aliphatic hydroxyl groups is 1. The van der Waals surface area contributed by atoms with Crippen molar-refractivity contribution in [1.29, 1.82) is 0 Å². The number of hydrogen-bond donors (Lipinski definition) is 1. The van der Waals surface area contributed by atoms with Gasteiger partial charge in [0.25, 0.3) is 0 Å². The number of hydrogen-bond acceptors (Lipinski definition) is 6. The number of carbonyl (C=O) groups excluding carboxylic acids is 1. The van der Waals surface area contributed by atoms with Crippen LogP contribution in [0.5, 0.6) is 5.75 Å². The van der Waals surface area contributed by atoms with Gasteiger partial charge in [-0.3, -0.25) is 4.79 Å². The standard InChI is InChI=1S/C20H18O5S/c1-2-6-18(22)25-12-13(21)11-24-16-9-5-8-15-19(23)14-7-3-4-10-17(14)26-20(15)16/h2-10,13,21H,11-12H2,1H3. The van der Waals surface area contributed by atoms with Crippen LogP contribution in [-0.2, 0) is 9.53 Å². The molecule has 0 aliphatic rings. The molecular formula is C20H18O5S. The van der Waals surface area contributed by atoms with E-state index < -0.39 is 12.1 Å². The molecule has 2 aromatic carbocycles. The normalized spacial score (nSPS) is 12.5. The number of ether oxygens (including phenoxy) is 2. The first-order chi connectivity index (χ1) is 12.6. The molecule has 134 valence electrons. The predicted molar refractivity (Wildman–Crippen MR) is 103 cm³/mol. The van der Waals surface area contributed by atoms with Gasteiger partial charge in [-0.15, -0.1) is 11.3 Å². The Labute approximate surface area is 154 Å². The fourth-order valence-electron chi connectivity index (χ4n) is 2.51. The van der Waals surface area contributed by atoms with E-state index in [4.69, 9.17) is 9.47 Å². The minimum atomic E-state index is -0.961. The molecule has 3 aromatic rings. The van der Waals surface area contributed by atoms with Gasteiger partial charge in [0.05, 0.1) is 4.70 Å². The molecule has 0 bridgehead atoms. The van der Waals surface area contributed by atoms with Crippen molar-refractivity contribution in [2.45, 2.75) is 13.0 Å². The Kier molecular flexibility index (Phi) is 5.65. The van der Waals surface area contributed by atoms with Gasteiger partial charge in [-0.25, -0.2) is 4.79 Å². The average Bonchev–Trinajstić information content (AvgIpc) is 2.65. The Bertz CT molecular complexity index is 1020. The molecule has 0 aliphatic heterocycles. The number of esters is 1. The summed E-state index contributed by atoms with van der Waals surface area (Å²) in [6.07, 6.45) is 1.88. The summed E-state index contributed by atoms with van der Waals surface area (Å²) in [7, 11) is 0. The molecule has 1 atom stereocenters. The van der Waals surface area contributed by atoms with Crippen molar-refractivity contribution in [2.75, 3.05) is 13.2 Å². The highest BCUT2D eigenvalue weighted by atomic mass is 32.1. The smallest absolute Gasteiger partial charge is 0.330 e. The lowest BCUT2D eigenvalue weighted by molar-refractivity contribution is -0.141. The molecule has 0 aliphatic carbocycles. The molecule has 0 spiro atoms. The summed E-state index contributed by atoms with van der Waals surface area (Å²) in [5.74, 6) is 0.00980. The van der Waals surface area contributed by atoms with E-state index >= 15 is 0 Å². The van der Waals surface area contributed by atoms with Crippen molar-refractivity contribution in [3.05, 3.63) is 64.8 Å². The van der Waals surface area contributed by atoms with Crippen LogP contribution in [-0.4, -0.2) is 30.4 Å². The van der Waals surface area contributed by atoms with E-state index in [-0.39, 0.29) is 18.6 Å². The number of benzene rings is 2. The summed E-state index contributed by atoms with van der Waals surface area (Å²) in [6, 6.07) is 12.7. The van der Waals surface area contributed by atoms with Crippen LogP contribution in [0.2, 0.25) is 0 Å². The maximum absolute atomic E-state index is 12.7. The Morgan fingerprint density at radius 1 is 1.15 bits per heavy atom. The van der Waals surface area contributed by atoms with Crippen LogP contribution in [0.1, 0.15) is 6.92 Å². The van der Waals surface area contributed by atoms with Crippen molar-refractivity contribution in [3.8, 4) is 5.75 Å². The van der Waals surface area contributed by atoms with E-state index in [1.807, 2.05) is 24.3 Å². The second kappa shape index (κ2) is 8.12. The lowest BCUT2D eigenvalue weighted by Crippen LogP contribution is -2.24. The van der Waals surface area contributed by atoms with Crippen LogP contribution in [0, 0.1) is 0 Å². The maximum Gasteiger partial charge on any atom is 0.330 e. The Hall–Kier alpha value is -2.70. The Morgan fingerprint density at radius 3 is 2.73 bits per heavy atom. The number of carbonyl (C=O) groups is 1. The summed E-state index contributed by atoms with van der Waals surface area (Å²) in [5, 5.41) is 11.2. The lowest BCUT2D eigenvalue weighted by atomic mass is 10.2. The summed E-state index contributed by atoms with van der Waals surface area (Å²) in [6.45, 7) is 1.50. The first-order valence-electron chi connectivity index (χ1n) is 8.15. The molecule has 1 N–H and O–H groups in total. The van der Waals surface area contributed by atoms with Crippen molar-refractivity contribution >= 4 is 37.5 Å². The summed E-state index contributed by atoms with van der Waals surface area (Å²) >= 11 is 1.47. The highest BCUT2D eigenvalue weighted by Crippen LogP contribution is 2.31. The maximum atomic E-state index is 12.7. The monoisotopic (exact) mass is 370 g/mol. The molecule has 3 rings (SSSR count). The number of fused-ring (bicyclic) bond motifs is 2. The third kappa shape index (κ3) is 3.92. The fourth-order valence-corrected chi connectivity index (χ4v) is 3.64. The van der Waals surface area contributed by atoms with Gasteiger partial charge in [-0.1, -0.05) is 24.3 Å². The van der Waals surface area contributed by atoms with Gasteiger partial charge in [0.2, 0.25) is 0 Å². The van der Waals surface area contributed by atoms with E-state index in [0.29, 0.717) is 16.5 Å². The van der Waals surface area contributed by atoms with Crippen LogP contribution in [0.3, 0.4) is 0 Å². The van der Waals surface area contributed by atoms with Crippen molar-refractivity contribution in [3.63, 3.8) is 0 Å². The first-order valence-corrected chi connectivity index (χ1v) is 8.96. The second-order valence-electron chi connectivity index (χ2n) is 5.66. The van der Waals surface area contributed by atoms with Crippen LogP contribution in [0.25, 0.3) is 20.2 Å². The Balaban J connectivity index is 1.80. The molecule has 6 heteroatoms. The molecular weight excluding hydrogens is 352 g/mol. The van der Waals surface area contributed by atoms with Gasteiger partial charge in [-0.05, 0) is 31.2 Å². The van der Waals surface area contributed by atoms with Crippen LogP contribution >= 0.6 is 11.3 Å². The van der Waals surface area contributed by atoms with Gasteiger partial charge in [-0.2, -0.15) is 0 Å². The van der Waals surface area contributed by atoms with Gasteiger partial charge >= 0.3 is 5.97 Å². The molecule has 1 unspecified atom stereocenters. The van der Waals surface area contributed by atoms with Crippen molar-refractivity contribution in [2.24, 2.45) is 0 Å². The zero-order valence-corrected chi connectivity index (χ0v) is 15.0. The van der Waals surface area contributed by atoms with E-state index in [1.54, 1.807) is 31.2 Å². The van der Waals surface area contributed by atoms with Crippen LogP contribution < -0.4 is 10.2 Å². The molecule has 5 nitrogen and oxygen atoms in total. The molecule has 1 aromatic heterocycles. The van der Waals surface area contributed by atoms with E-state index in [1.165, 1.54) is 17.4 Å². The topological polar surface area (TPSA) is 72.8 Å². The summed E-state index contributed by atoms with van der Waals surface area (Å²) in [5.41, 5.74) is -0.0411. The number of aliphatic hydroxyl groups excluding tert-OH is 1. The summed E-state index contributed by atoms with van der Waals surface area (Å²) < 4.78 is 12.2. The van der Waals surface area contributed by atoms with Gasteiger partial charge in [0.15, 0.2) is 5.43 Å². The van der Waals surface area contributed by atoms with E-state index in [0.717, 1.165) is 9.40 Å². The van der Waals surface area contributed by atoms with Gasteiger partial charge in [0.1, 0.15) is 25.1 Å². The Morgan fingerprint density at radius 2 is 1.92 bits per heavy atom. The van der Waals surface area contributed by atoms with Crippen LogP contribution in [0.4, 0.5) is 0 Å². The fraction of sp³-hybridized carbons (Fsp3) is 0.200. The van der Waals surface area contributed by atoms with Crippen LogP contribution in [0.15, 0.2) is 59.4 Å². The van der Waals surface area contributed by atoms with Crippen molar-refractivity contribution < 1.29 is 19.4 Å². The second-order valence-corrected chi connectivity index (χ2v) is 6.71. The largest absolute Gasteiger partial charge is 0.489 e. The quantitative estimate of drug-likeness (QED) is 0.410. The van der Waals surface area contributed by atoms with Gasteiger partial charge < -0.3 is 14.6 Å². The zero-order valence-electron chi connectivity index (χ0n) is 14.2. The highest BCUT2D eigenvalue weighted by molar-refractivity contribution is 7.24. The predicted octanol–water partition coefficient (Wildman–Crippen LogP) is 3.27. The van der Waals surface area contributed by atoms with Crippen molar-refractivity contribution in [1.82, 2.24) is 0 Å². The average molecular weight is 370 g/mol. The minimum absolute atomic E-state index is 0.0411. The van der Waals surface area contributed by atoms with E-state index in [9.17, 15) is 14.7 Å². The molecule has 0 saturated heterocycles. The third-order valence-corrected chi connectivity index (χ3v) is 4.92. The number of allylic oxidation sites excluding steroid dienone is 1. The molecule has 26 heavy (non-hydrogen) atoms. The van der Waals surface area contributed by atoms with Gasteiger partial charge in [0, 0.05) is 21.5 Å². The lowest BCUT2D eigenvalue weighted by Gasteiger charge is -2.13. The molecule has 0 fully saturated rings. The SMILES string of the molecule is CC=CC(=O)OCC(O)COc1cccc2c(=O)c3ccccc3sc12. The first kappa shape index (κ1) is 18.1. The number of rotatable bonds is 6. The molecule has 0 radical (unpaired) electrons. The highest BCUT2D eigenvalue weighted by Gasteiger charge is 2.12. The summed E-state index contributed by atoms with van der Waals surface area (Å²) in [4.78, 5) is 23.9. The third-order valence-electron chi connectivity index (χ3n) is 3.72.